The summed E-state index contributed by atoms with van der Waals surface area (Å²) in [4.78, 5) is 26.0. The molecule has 4 rings (SSSR count). The molecule has 3 aliphatic rings. The van der Waals surface area contributed by atoms with Gasteiger partial charge in [0.25, 0.3) is 0 Å². The first-order valence-electron chi connectivity index (χ1n) is 8.83. The second-order valence-electron chi connectivity index (χ2n) is 8.59. The van der Waals surface area contributed by atoms with E-state index >= 15 is 0 Å². The summed E-state index contributed by atoms with van der Waals surface area (Å²) in [5.41, 5.74) is 1.09. The van der Waals surface area contributed by atoms with E-state index in [2.05, 4.69) is 13.8 Å². The molecule has 0 aromatic heterocycles. The first-order valence-corrected chi connectivity index (χ1v) is 8.83. The van der Waals surface area contributed by atoms with Crippen LogP contribution in [0, 0.1) is 11.3 Å². The van der Waals surface area contributed by atoms with Crippen molar-refractivity contribution in [1.29, 1.82) is 0 Å². The molecule has 4 heteroatoms. The maximum absolute atomic E-state index is 13.1. The quantitative estimate of drug-likeness (QED) is 0.798. The summed E-state index contributed by atoms with van der Waals surface area (Å²) in [6.07, 6.45) is 1.92. The molecule has 4 nitrogen and oxygen atoms in total. The average Bonchev–Trinajstić information content (AvgIpc) is 2.77. The van der Waals surface area contributed by atoms with Crippen LogP contribution in [0.2, 0.25) is 0 Å². The van der Waals surface area contributed by atoms with Crippen molar-refractivity contribution in [3.05, 3.63) is 28.8 Å². The van der Waals surface area contributed by atoms with E-state index in [1.807, 2.05) is 13.8 Å². The molecule has 0 spiro atoms. The third-order valence-corrected chi connectivity index (χ3v) is 6.46. The second-order valence-corrected chi connectivity index (χ2v) is 8.59. The number of aromatic hydroxyl groups is 1. The molecular formula is C20H24O4. The predicted molar refractivity (Wildman–Crippen MR) is 89.2 cm³/mol. The topological polar surface area (TPSA) is 63.6 Å². The molecule has 2 aliphatic carbocycles. The van der Waals surface area contributed by atoms with Crippen molar-refractivity contribution >= 4 is 11.8 Å². The molecule has 2 fully saturated rings. The summed E-state index contributed by atoms with van der Waals surface area (Å²) in [6, 6.07) is 3.45. The highest BCUT2D eigenvalue weighted by Gasteiger charge is 2.69. The summed E-state index contributed by atoms with van der Waals surface area (Å²) in [6.45, 7) is 8.22. The molecule has 1 aromatic carbocycles. The lowest BCUT2D eigenvalue weighted by Crippen LogP contribution is -2.54. The van der Waals surface area contributed by atoms with Crippen LogP contribution in [0.3, 0.4) is 0 Å². The Balaban J connectivity index is 2.02. The Morgan fingerprint density at radius 1 is 1.21 bits per heavy atom. The summed E-state index contributed by atoms with van der Waals surface area (Å²) in [7, 11) is 0. The molecule has 1 heterocycles. The van der Waals surface area contributed by atoms with Crippen LogP contribution in [0.5, 0.6) is 5.75 Å². The third-order valence-electron chi connectivity index (χ3n) is 6.46. The lowest BCUT2D eigenvalue weighted by molar-refractivity contribution is -0.144. The third kappa shape index (κ3) is 1.69. The van der Waals surface area contributed by atoms with Gasteiger partial charge in [-0.1, -0.05) is 34.1 Å². The molecule has 3 atom stereocenters. The van der Waals surface area contributed by atoms with E-state index in [0.29, 0.717) is 17.5 Å². The molecule has 24 heavy (non-hydrogen) atoms. The number of ether oxygens (including phenoxy) is 1. The van der Waals surface area contributed by atoms with E-state index in [1.54, 1.807) is 12.1 Å². The van der Waals surface area contributed by atoms with Crippen molar-refractivity contribution in [2.45, 2.75) is 64.4 Å². The number of phenols is 1. The van der Waals surface area contributed by atoms with E-state index in [4.69, 9.17) is 4.74 Å². The second kappa shape index (κ2) is 4.62. The van der Waals surface area contributed by atoms with Crippen molar-refractivity contribution < 1.29 is 19.4 Å². The number of ketones is 1. The summed E-state index contributed by atoms with van der Waals surface area (Å²) in [5.74, 6) is -0.250. The zero-order chi connectivity index (χ0) is 17.4. The van der Waals surface area contributed by atoms with Gasteiger partial charge in [-0.25, -0.2) is 0 Å². The smallest absolute Gasteiger partial charge is 0.317 e. The molecule has 1 saturated heterocycles. The molecule has 1 saturated carbocycles. The standard InChI is InChI=1S/C20H24O4/c1-10(2)11-8-12-13(9-14(11)21)20-7-5-6-19(3,4)17(20)16(15(12)22)24-18(20)23/h8-10,16-17,21H,5-7H2,1-4H3/t16-,17+,20+/m1/s1. The average molecular weight is 328 g/mol. The first-order chi connectivity index (χ1) is 11.2. The Hall–Kier alpha value is -1.84. The molecule has 0 unspecified atom stereocenters. The summed E-state index contributed by atoms with van der Waals surface area (Å²) >= 11 is 0. The fourth-order valence-electron chi connectivity index (χ4n) is 5.40. The van der Waals surface area contributed by atoms with Crippen LogP contribution in [0.15, 0.2) is 12.1 Å². The van der Waals surface area contributed by atoms with Gasteiger partial charge in [0.1, 0.15) is 11.2 Å². The van der Waals surface area contributed by atoms with Crippen molar-refractivity contribution in [2.24, 2.45) is 11.3 Å². The van der Waals surface area contributed by atoms with E-state index in [0.717, 1.165) is 18.4 Å². The van der Waals surface area contributed by atoms with Gasteiger partial charge < -0.3 is 9.84 Å². The van der Waals surface area contributed by atoms with Crippen molar-refractivity contribution in [3.8, 4) is 5.75 Å². The predicted octanol–water partition coefficient (Wildman–Crippen LogP) is 3.70. The van der Waals surface area contributed by atoms with Crippen LogP contribution in [0.25, 0.3) is 0 Å². The minimum atomic E-state index is -0.775. The van der Waals surface area contributed by atoms with Crippen LogP contribution in [0.4, 0.5) is 0 Å². The van der Waals surface area contributed by atoms with Gasteiger partial charge in [0.05, 0.1) is 0 Å². The van der Waals surface area contributed by atoms with Gasteiger partial charge in [-0.05, 0) is 47.4 Å². The van der Waals surface area contributed by atoms with E-state index in [9.17, 15) is 14.7 Å². The van der Waals surface area contributed by atoms with Gasteiger partial charge in [0.15, 0.2) is 6.10 Å². The highest BCUT2D eigenvalue weighted by Crippen LogP contribution is 2.62. The zero-order valence-electron chi connectivity index (χ0n) is 14.7. The number of hydrogen-bond acceptors (Lipinski definition) is 4. The Labute approximate surface area is 142 Å². The summed E-state index contributed by atoms with van der Waals surface area (Å²) < 4.78 is 5.62. The Morgan fingerprint density at radius 3 is 2.58 bits per heavy atom. The van der Waals surface area contributed by atoms with Crippen LogP contribution < -0.4 is 0 Å². The SMILES string of the molecule is CC(C)c1cc2c(cc1O)[C@@]13CCCC(C)(C)[C@@H]1[C@H](OC3=O)C2=O. The van der Waals surface area contributed by atoms with Crippen molar-refractivity contribution in [2.75, 3.05) is 0 Å². The molecule has 1 aromatic rings. The Morgan fingerprint density at radius 2 is 1.92 bits per heavy atom. The van der Waals surface area contributed by atoms with Gasteiger partial charge >= 0.3 is 5.97 Å². The maximum atomic E-state index is 13.1. The monoisotopic (exact) mass is 328 g/mol. The van der Waals surface area contributed by atoms with Crippen LogP contribution >= 0.6 is 0 Å². The van der Waals surface area contributed by atoms with Gasteiger partial charge in [-0.3, -0.25) is 9.59 Å². The number of hydrogen-bond donors (Lipinski definition) is 1. The number of esters is 1. The first kappa shape index (κ1) is 15.7. The maximum Gasteiger partial charge on any atom is 0.317 e. The summed E-state index contributed by atoms with van der Waals surface area (Å²) in [5, 5.41) is 10.5. The molecule has 1 aliphatic heterocycles. The number of carbonyl (C=O) groups excluding carboxylic acids is 2. The van der Waals surface area contributed by atoms with Crippen molar-refractivity contribution in [1.82, 2.24) is 0 Å². The molecule has 2 bridgehead atoms. The number of carbonyl (C=O) groups is 2. The minimum Gasteiger partial charge on any atom is -0.508 e. The number of benzene rings is 1. The fraction of sp³-hybridized carbons (Fsp3) is 0.600. The fourth-order valence-corrected chi connectivity index (χ4v) is 5.40. The van der Waals surface area contributed by atoms with Crippen molar-refractivity contribution in [3.63, 3.8) is 0 Å². The van der Waals surface area contributed by atoms with E-state index < -0.39 is 11.5 Å². The normalized spacial score (nSPS) is 33.2. The number of rotatable bonds is 1. The van der Waals surface area contributed by atoms with Gasteiger partial charge in [0, 0.05) is 11.5 Å². The Kier molecular flexibility index (Phi) is 3.02. The lowest BCUT2D eigenvalue weighted by atomic mass is 9.50. The molecule has 1 N–H and O–H groups in total. The highest BCUT2D eigenvalue weighted by atomic mass is 16.6. The zero-order valence-corrected chi connectivity index (χ0v) is 14.7. The molecule has 0 radical (unpaired) electrons. The molecular weight excluding hydrogens is 304 g/mol. The number of fused-ring (bicyclic) bond motifs is 1. The Bertz CT molecular complexity index is 761. The van der Waals surface area contributed by atoms with Gasteiger partial charge in [-0.2, -0.15) is 0 Å². The molecule has 128 valence electrons. The van der Waals surface area contributed by atoms with Crippen LogP contribution in [0.1, 0.15) is 74.4 Å². The highest BCUT2D eigenvalue weighted by molar-refractivity contribution is 6.10. The van der Waals surface area contributed by atoms with Crippen LogP contribution in [-0.2, 0) is 14.9 Å². The number of Topliss-reactive ketones (excluding diaryl/α,β-unsaturated/α-hetero) is 1. The van der Waals surface area contributed by atoms with Gasteiger partial charge in [-0.15, -0.1) is 0 Å². The number of phenolic OH excluding ortho intramolecular Hbond substituents is 1. The van der Waals surface area contributed by atoms with E-state index in [-0.39, 0.29) is 34.8 Å². The van der Waals surface area contributed by atoms with E-state index in [1.165, 1.54) is 0 Å². The van der Waals surface area contributed by atoms with Crippen LogP contribution in [-0.4, -0.2) is 23.0 Å². The minimum absolute atomic E-state index is 0.103. The molecule has 0 amide bonds. The van der Waals surface area contributed by atoms with Gasteiger partial charge in [0.2, 0.25) is 5.78 Å². The lowest BCUT2D eigenvalue weighted by Gasteiger charge is -2.49. The largest absolute Gasteiger partial charge is 0.508 e.